The van der Waals surface area contributed by atoms with Gasteiger partial charge in [-0.15, -0.1) is 0 Å². The summed E-state index contributed by atoms with van der Waals surface area (Å²) in [6, 6.07) is 11.9. The van der Waals surface area contributed by atoms with Crippen LogP contribution in [0.1, 0.15) is 0 Å². The normalized spacial score (nSPS) is 16.4. The van der Waals surface area contributed by atoms with Gasteiger partial charge in [0.1, 0.15) is 5.75 Å². The van der Waals surface area contributed by atoms with Crippen molar-refractivity contribution in [3.8, 4) is 5.75 Å². The van der Waals surface area contributed by atoms with Gasteiger partial charge in [-0.25, -0.2) is 0 Å². The average Bonchev–Trinajstić information content (AvgIpc) is 2.39. The zero-order valence-electron chi connectivity index (χ0n) is 9.69. The highest BCUT2D eigenvalue weighted by atomic mass is 16.3. The number of aromatic hydroxyl groups is 1. The second-order valence-electron chi connectivity index (χ2n) is 4.45. The summed E-state index contributed by atoms with van der Waals surface area (Å²) in [4.78, 5) is 2.39. The number of phenols is 1. The van der Waals surface area contributed by atoms with Gasteiger partial charge in [-0.1, -0.05) is 12.1 Å². The molecule has 0 aromatic heterocycles. The average molecular weight is 228 g/mol. The standard InChI is InChI=1S/C14H16N2O/c17-14-4-2-11-9-13(3-1-12(11)10-14)16-7-5-15-6-8-16/h1-4,9-10,15,17H,5-8H2. The summed E-state index contributed by atoms with van der Waals surface area (Å²) in [7, 11) is 0. The van der Waals surface area contributed by atoms with Crippen LogP contribution in [0.5, 0.6) is 5.75 Å². The second kappa shape index (κ2) is 4.26. The van der Waals surface area contributed by atoms with Gasteiger partial charge in [-0.3, -0.25) is 0 Å². The molecule has 0 bridgehead atoms. The first kappa shape index (κ1) is 10.4. The van der Waals surface area contributed by atoms with Gasteiger partial charge in [0, 0.05) is 31.9 Å². The Kier molecular flexibility index (Phi) is 2.61. The van der Waals surface area contributed by atoms with E-state index < -0.39 is 0 Å². The van der Waals surface area contributed by atoms with Gasteiger partial charge in [0.15, 0.2) is 0 Å². The van der Waals surface area contributed by atoms with E-state index in [1.807, 2.05) is 6.07 Å². The predicted molar refractivity (Wildman–Crippen MR) is 70.7 cm³/mol. The molecule has 88 valence electrons. The Morgan fingerprint density at radius 3 is 2.47 bits per heavy atom. The van der Waals surface area contributed by atoms with Crippen molar-refractivity contribution in [3.05, 3.63) is 36.4 Å². The Morgan fingerprint density at radius 2 is 1.65 bits per heavy atom. The lowest BCUT2D eigenvalue weighted by atomic mass is 10.1. The van der Waals surface area contributed by atoms with Gasteiger partial charge >= 0.3 is 0 Å². The molecule has 3 rings (SSSR count). The minimum atomic E-state index is 0.326. The highest BCUT2D eigenvalue weighted by Crippen LogP contribution is 2.25. The molecule has 1 saturated heterocycles. The van der Waals surface area contributed by atoms with E-state index in [0.29, 0.717) is 5.75 Å². The Morgan fingerprint density at radius 1 is 0.941 bits per heavy atom. The van der Waals surface area contributed by atoms with Crippen LogP contribution in [0.15, 0.2) is 36.4 Å². The van der Waals surface area contributed by atoms with Crippen molar-refractivity contribution in [1.82, 2.24) is 5.32 Å². The fraction of sp³-hybridized carbons (Fsp3) is 0.286. The maximum Gasteiger partial charge on any atom is 0.116 e. The monoisotopic (exact) mass is 228 g/mol. The quantitative estimate of drug-likeness (QED) is 0.783. The molecule has 0 atom stereocenters. The van der Waals surface area contributed by atoms with Crippen LogP contribution in [0.3, 0.4) is 0 Å². The molecular weight excluding hydrogens is 212 g/mol. The van der Waals surface area contributed by atoms with E-state index in [0.717, 1.165) is 31.6 Å². The topological polar surface area (TPSA) is 35.5 Å². The molecule has 2 aromatic carbocycles. The van der Waals surface area contributed by atoms with Gasteiger partial charge < -0.3 is 15.3 Å². The third-order valence-electron chi connectivity index (χ3n) is 3.29. The van der Waals surface area contributed by atoms with Gasteiger partial charge in [0.25, 0.3) is 0 Å². The van der Waals surface area contributed by atoms with Crippen LogP contribution in [-0.4, -0.2) is 31.3 Å². The third kappa shape index (κ3) is 2.06. The first-order chi connectivity index (χ1) is 8.33. The molecule has 1 aliphatic heterocycles. The summed E-state index contributed by atoms with van der Waals surface area (Å²) >= 11 is 0. The Labute approximate surface area is 101 Å². The van der Waals surface area contributed by atoms with Crippen LogP contribution in [0.4, 0.5) is 5.69 Å². The van der Waals surface area contributed by atoms with E-state index in [4.69, 9.17) is 0 Å². The van der Waals surface area contributed by atoms with E-state index in [1.54, 1.807) is 12.1 Å². The lowest BCUT2D eigenvalue weighted by Gasteiger charge is -2.29. The fourth-order valence-electron chi connectivity index (χ4n) is 2.34. The number of nitrogens with zero attached hydrogens (tertiary/aromatic N) is 1. The molecule has 1 fully saturated rings. The van der Waals surface area contributed by atoms with Gasteiger partial charge in [-0.05, 0) is 35.0 Å². The van der Waals surface area contributed by atoms with Crippen LogP contribution >= 0.6 is 0 Å². The summed E-state index contributed by atoms with van der Waals surface area (Å²) < 4.78 is 0. The second-order valence-corrected chi connectivity index (χ2v) is 4.45. The summed E-state index contributed by atoms with van der Waals surface area (Å²) in [6.45, 7) is 4.22. The minimum absolute atomic E-state index is 0.326. The molecule has 0 radical (unpaired) electrons. The van der Waals surface area contributed by atoms with Crippen LogP contribution < -0.4 is 10.2 Å². The first-order valence-corrected chi connectivity index (χ1v) is 6.01. The van der Waals surface area contributed by atoms with Crippen molar-refractivity contribution in [1.29, 1.82) is 0 Å². The molecule has 2 N–H and O–H groups in total. The molecule has 0 unspecified atom stereocenters. The summed E-state index contributed by atoms with van der Waals surface area (Å²) in [5, 5.41) is 15.1. The number of fused-ring (bicyclic) bond motifs is 1. The summed E-state index contributed by atoms with van der Waals surface area (Å²) in [5.74, 6) is 0.326. The molecule has 1 heterocycles. The van der Waals surface area contributed by atoms with Crippen molar-refractivity contribution < 1.29 is 5.11 Å². The van der Waals surface area contributed by atoms with Crippen LogP contribution in [0.2, 0.25) is 0 Å². The zero-order valence-corrected chi connectivity index (χ0v) is 9.69. The number of rotatable bonds is 1. The number of nitrogens with one attached hydrogen (secondary N) is 1. The molecule has 2 aromatic rings. The molecular formula is C14H16N2O. The van der Waals surface area contributed by atoms with Crippen molar-refractivity contribution in [2.45, 2.75) is 0 Å². The third-order valence-corrected chi connectivity index (χ3v) is 3.29. The Balaban J connectivity index is 1.98. The fourth-order valence-corrected chi connectivity index (χ4v) is 2.34. The summed E-state index contributed by atoms with van der Waals surface area (Å²) in [5.41, 5.74) is 1.27. The van der Waals surface area contributed by atoms with Gasteiger partial charge in [0.05, 0.1) is 0 Å². The molecule has 1 aliphatic rings. The highest BCUT2D eigenvalue weighted by molar-refractivity contribution is 5.87. The Bertz CT molecular complexity index is 533. The van der Waals surface area contributed by atoms with E-state index in [-0.39, 0.29) is 0 Å². The van der Waals surface area contributed by atoms with Crippen LogP contribution in [0, 0.1) is 0 Å². The van der Waals surface area contributed by atoms with Crippen molar-refractivity contribution in [2.24, 2.45) is 0 Å². The number of hydrogen-bond donors (Lipinski definition) is 2. The van der Waals surface area contributed by atoms with E-state index >= 15 is 0 Å². The maximum absolute atomic E-state index is 9.43. The van der Waals surface area contributed by atoms with E-state index in [9.17, 15) is 5.11 Å². The molecule has 3 heteroatoms. The molecule has 17 heavy (non-hydrogen) atoms. The smallest absolute Gasteiger partial charge is 0.116 e. The first-order valence-electron chi connectivity index (χ1n) is 6.01. The van der Waals surface area contributed by atoms with Crippen molar-refractivity contribution in [3.63, 3.8) is 0 Å². The number of benzene rings is 2. The maximum atomic E-state index is 9.43. The lowest BCUT2D eigenvalue weighted by molar-refractivity contribution is 0.476. The molecule has 0 aliphatic carbocycles. The van der Waals surface area contributed by atoms with E-state index in [2.05, 4.69) is 28.4 Å². The zero-order chi connectivity index (χ0) is 11.7. The van der Waals surface area contributed by atoms with Crippen LogP contribution in [-0.2, 0) is 0 Å². The minimum Gasteiger partial charge on any atom is -0.508 e. The van der Waals surface area contributed by atoms with E-state index in [1.165, 1.54) is 11.1 Å². The molecule has 0 spiro atoms. The number of hydrogen-bond acceptors (Lipinski definition) is 3. The van der Waals surface area contributed by atoms with Crippen LogP contribution in [0.25, 0.3) is 10.8 Å². The summed E-state index contributed by atoms with van der Waals surface area (Å²) in [6.07, 6.45) is 0. The van der Waals surface area contributed by atoms with Gasteiger partial charge in [-0.2, -0.15) is 0 Å². The number of piperazine rings is 1. The molecule has 0 saturated carbocycles. The van der Waals surface area contributed by atoms with Crippen molar-refractivity contribution >= 4 is 16.5 Å². The predicted octanol–water partition coefficient (Wildman–Crippen LogP) is 1.95. The number of phenolic OH excluding ortho intramolecular Hbond substituents is 1. The SMILES string of the molecule is Oc1ccc2cc(N3CCNCC3)ccc2c1. The largest absolute Gasteiger partial charge is 0.508 e. The highest BCUT2D eigenvalue weighted by Gasteiger charge is 2.10. The lowest BCUT2D eigenvalue weighted by Crippen LogP contribution is -2.43. The molecule has 3 nitrogen and oxygen atoms in total. The Hall–Kier alpha value is -1.74. The van der Waals surface area contributed by atoms with Crippen molar-refractivity contribution in [2.75, 3.05) is 31.1 Å². The number of anilines is 1. The molecule has 0 amide bonds. The van der Waals surface area contributed by atoms with Gasteiger partial charge in [0.2, 0.25) is 0 Å².